The van der Waals surface area contributed by atoms with Crippen molar-refractivity contribution in [2.45, 2.75) is 17.3 Å². The monoisotopic (exact) mass is 180 g/mol. The molecule has 2 rings (SSSR count). The van der Waals surface area contributed by atoms with E-state index in [4.69, 9.17) is 0 Å². The average molecular weight is 180 g/mol. The van der Waals surface area contributed by atoms with Gasteiger partial charge in [0, 0.05) is 23.7 Å². The van der Waals surface area contributed by atoms with Gasteiger partial charge in [-0.15, -0.1) is 0 Å². The second kappa shape index (κ2) is 2.79. The Bertz CT molecular complexity index is 383. The molecule has 4 heteroatoms. The fourth-order valence-corrected chi connectivity index (χ4v) is 1.91. The van der Waals surface area contributed by atoms with Gasteiger partial charge in [0.15, 0.2) is 5.16 Å². The molecule has 0 saturated heterocycles. The highest BCUT2D eigenvalue weighted by Crippen LogP contribution is 2.24. The Labute approximate surface area is 74.1 Å². The molecule has 1 atom stereocenters. The molecular formula is C8H8N2OS. The van der Waals surface area contributed by atoms with Crippen LogP contribution in [0.2, 0.25) is 0 Å². The lowest BCUT2D eigenvalue weighted by molar-refractivity contribution is 0.820. The van der Waals surface area contributed by atoms with Gasteiger partial charge in [-0.25, -0.2) is 4.98 Å². The van der Waals surface area contributed by atoms with Crippen LogP contribution in [0.3, 0.4) is 0 Å². The predicted octanol–water partition coefficient (Wildman–Crippen LogP) is 1.21. The van der Waals surface area contributed by atoms with Crippen LogP contribution in [0.15, 0.2) is 28.3 Å². The van der Waals surface area contributed by atoms with Crippen molar-refractivity contribution in [1.82, 2.24) is 9.55 Å². The zero-order valence-corrected chi connectivity index (χ0v) is 7.41. The first kappa shape index (κ1) is 7.61. The molecule has 1 unspecified atom stereocenters. The van der Waals surface area contributed by atoms with Crippen LogP contribution in [0.4, 0.5) is 0 Å². The van der Waals surface area contributed by atoms with Crippen molar-refractivity contribution in [3.05, 3.63) is 28.7 Å². The van der Waals surface area contributed by atoms with Gasteiger partial charge in [0.1, 0.15) is 0 Å². The summed E-state index contributed by atoms with van der Waals surface area (Å²) < 4.78 is 1.56. The molecule has 0 radical (unpaired) electrons. The van der Waals surface area contributed by atoms with E-state index in [-0.39, 0.29) is 5.56 Å². The first-order valence-electron chi connectivity index (χ1n) is 3.70. The van der Waals surface area contributed by atoms with E-state index >= 15 is 0 Å². The molecule has 0 spiro atoms. The van der Waals surface area contributed by atoms with Gasteiger partial charge in [0.2, 0.25) is 0 Å². The van der Waals surface area contributed by atoms with Crippen LogP contribution in [-0.4, -0.2) is 14.8 Å². The van der Waals surface area contributed by atoms with E-state index in [2.05, 4.69) is 11.9 Å². The van der Waals surface area contributed by atoms with E-state index < -0.39 is 0 Å². The molecule has 1 aromatic heterocycles. The van der Waals surface area contributed by atoms with Crippen molar-refractivity contribution in [2.75, 3.05) is 0 Å². The van der Waals surface area contributed by atoms with Crippen molar-refractivity contribution in [3.8, 4) is 0 Å². The second-order valence-corrected chi connectivity index (χ2v) is 3.94. The van der Waals surface area contributed by atoms with Crippen molar-refractivity contribution in [1.29, 1.82) is 0 Å². The van der Waals surface area contributed by atoms with Crippen molar-refractivity contribution < 1.29 is 0 Å². The van der Waals surface area contributed by atoms with E-state index in [1.165, 1.54) is 6.07 Å². The number of rotatable bonds is 0. The van der Waals surface area contributed by atoms with Gasteiger partial charge in [-0.05, 0) is 6.92 Å². The van der Waals surface area contributed by atoms with Gasteiger partial charge in [-0.3, -0.25) is 9.36 Å². The number of hydrogen-bond donors (Lipinski definition) is 0. The van der Waals surface area contributed by atoms with E-state index in [1.807, 2.05) is 6.08 Å². The van der Waals surface area contributed by atoms with Gasteiger partial charge in [0.05, 0.1) is 0 Å². The Hall–Kier alpha value is -1.03. The van der Waals surface area contributed by atoms with Gasteiger partial charge in [0.25, 0.3) is 5.56 Å². The van der Waals surface area contributed by atoms with Gasteiger partial charge in [-0.2, -0.15) is 0 Å². The quantitative estimate of drug-likeness (QED) is 0.563. The summed E-state index contributed by atoms with van der Waals surface area (Å²) in [6.45, 7) is 2.07. The molecule has 12 heavy (non-hydrogen) atoms. The van der Waals surface area contributed by atoms with Crippen LogP contribution in [0.5, 0.6) is 0 Å². The minimum Gasteiger partial charge on any atom is -0.269 e. The minimum absolute atomic E-state index is 0.0179. The molecule has 0 fully saturated rings. The third kappa shape index (κ3) is 1.18. The van der Waals surface area contributed by atoms with Gasteiger partial charge < -0.3 is 0 Å². The van der Waals surface area contributed by atoms with Crippen molar-refractivity contribution in [3.63, 3.8) is 0 Å². The lowest BCUT2D eigenvalue weighted by atomic mass is 10.4. The Morgan fingerprint density at radius 3 is 3.33 bits per heavy atom. The number of thioether (sulfide) groups is 1. The molecule has 3 nitrogen and oxygen atoms in total. The third-order valence-electron chi connectivity index (χ3n) is 1.64. The summed E-state index contributed by atoms with van der Waals surface area (Å²) in [4.78, 5) is 15.3. The summed E-state index contributed by atoms with van der Waals surface area (Å²) >= 11 is 1.59. The largest absolute Gasteiger partial charge is 0.269 e. The first-order chi connectivity index (χ1) is 5.77. The number of aromatic nitrogens is 2. The highest BCUT2D eigenvalue weighted by Gasteiger charge is 2.11. The Morgan fingerprint density at radius 1 is 1.67 bits per heavy atom. The number of nitrogens with zero attached hydrogens (tertiary/aromatic N) is 2. The molecule has 62 valence electrons. The zero-order valence-electron chi connectivity index (χ0n) is 6.60. The Morgan fingerprint density at radius 2 is 2.50 bits per heavy atom. The molecule has 0 aromatic carbocycles. The molecule has 1 aliphatic heterocycles. The van der Waals surface area contributed by atoms with Crippen LogP contribution in [0.25, 0.3) is 6.20 Å². The number of fused-ring (bicyclic) bond motifs is 1. The van der Waals surface area contributed by atoms with Crippen LogP contribution in [-0.2, 0) is 0 Å². The fourth-order valence-electron chi connectivity index (χ4n) is 1.04. The van der Waals surface area contributed by atoms with Crippen LogP contribution in [0.1, 0.15) is 6.92 Å². The zero-order chi connectivity index (χ0) is 8.55. The molecule has 0 aliphatic carbocycles. The summed E-state index contributed by atoms with van der Waals surface area (Å²) in [5.41, 5.74) is -0.0179. The normalized spacial score (nSPS) is 20.6. The standard InChI is InChI=1S/C8H8N2OS/c1-6-3-5-10-7(11)2-4-9-8(10)12-6/h2-6H,1H3. The van der Waals surface area contributed by atoms with Gasteiger partial charge >= 0.3 is 0 Å². The summed E-state index contributed by atoms with van der Waals surface area (Å²) in [7, 11) is 0. The molecule has 1 aromatic rings. The van der Waals surface area contributed by atoms with E-state index in [0.717, 1.165) is 5.16 Å². The minimum atomic E-state index is -0.0179. The van der Waals surface area contributed by atoms with Gasteiger partial charge in [-0.1, -0.05) is 17.8 Å². The number of hydrogen-bond acceptors (Lipinski definition) is 3. The summed E-state index contributed by atoms with van der Waals surface area (Å²) in [5.74, 6) is 0. The molecule has 1 aliphatic rings. The van der Waals surface area contributed by atoms with E-state index in [9.17, 15) is 4.79 Å². The maximum atomic E-state index is 11.2. The Kier molecular flexibility index (Phi) is 1.77. The maximum absolute atomic E-state index is 11.2. The molecular weight excluding hydrogens is 172 g/mol. The fraction of sp³-hybridized carbons (Fsp3) is 0.250. The third-order valence-corrected chi connectivity index (χ3v) is 2.68. The van der Waals surface area contributed by atoms with Crippen molar-refractivity contribution in [2.24, 2.45) is 0 Å². The lowest BCUT2D eigenvalue weighted by Crippen LogP contribution is -2.20. The van der Waals surface area contributed by atoms with Crippen molar-refractivity contribution >= 4 is 18.0 Å². The van der Waals surface area contributed by atoms with E-state index in [1.54, 1.807) is 28.7 Å². The van der Waals surface area contributed by atoms with Crippen LogP contribution >= 0.6 is 11.8 Å². The summed E-state index contributed by atoms with van der Waals surface area (Å²) in [6, 6.07) is 1.46. The Balaban J connectivity index is 2.60. The molecule has 0 amide bonds. The molecule has 0 N–H and O–H groups in total. The highest BCUT2D eigenvalue weighted by molar-refractivity contribution is 8.00. The maximum Gasteiger partial charge on any atom is 0.258 e. The topological polar surface area (TPSA) is 34.9 Å². The summed E-state index contributed by atoms with van der Waals surface area (Å²) in [6.07, 6.45) is 5.32. The predicted molar refractivity (Wildman–Crippen MR) is 49.1 cm³/mol. The smallest absolute Gasteiger partial charge is 0.258 e. The summed E-state index contributed by atoms with van der Waals surface area (Å²) in [5, 5.41) is 1.18. The first-order valence-corrected chi connectivity index (χ1v) is 4.58. The second-order valence-electron chi connectivity index (χ2n) is 2.60. The molecule has 0 bridgehead atoms. The van der Waals surface area contributed by atoms with Crippen LogP contribution in [0, 0.1) is 0 Å². The lowest BCUT2D eigenvalue weighted by Gasteiger charge is -2.14. The average Bonchev–Trinajstić information content (AvgIpc) is 2.04. The van der Waals surface area contributed by atoms with E-state index in [0.29, 0.717) is 5.25 Å². The highest BCUT2D eigenvalue weighted by atomic mass is 32.2. The van der Waals surface area contributed by atoms with Crippen LogP contribution < -0.4 is 5.56 Å². The molecule has 2 heterocycles. The SMILES string of the molecule is CC1C=Cn2c(nccc2=O)S1. The molecule has 0 saturated carbocycles.